The van der Waals surface area contributed by atoms with Gasteiger partial charge >= 0.3 is 0 Å². The van der Waals surface area contributed by atoms with Crippen LogP contribution in [0.4, 0.5) is 5.69 Å². The van der Waals surface area contributed by atoms with E-state index in [-0.39, 0.29) is 18.0 Å². The number of carbonyl (C=O) groups is 1. The third-order valence-electron chi connectivity index (χ3n) is 5.00. The number of rotatable bonds is 9. The van der Waals surface area contributed by atoms with Crippen LogP contribution in [0.25, 0.3) is 0 Å². The van der Waals surface area contributed by atoms with Crippen molar-refractivity contribution in [1.29, 1.82) is 0 Å². The molecule has 0 saturated heterocycles. The Morgan fingerprint density at radius 2 is 1.66 bits per heavy atom. The normalized spacial score (nSPS) is 11.1. The summed E-state index contributed by atoms with van der Waals surface area (Å²) in [5.74, 6) is 0.287. The van der Waals surface area contributed by atoms with E-state index in [0.717, 1.165) is 16.7 Å². The molecule has 0 atom stereocenters. The van der Waals surface area contributed by atoms with Crippen molar-refractivity contribution in [2.45, 2.75) is 32.2 Å². The standard InChI is InChI=1S/C25H28N2O4S/c1-4-31-24-13-9-8-10-21(24)17-26-25(28)18-27(23-16-19(2)14-15-20(23)3)32(29,30)22-11-6-5-7-12-22/h5-16H,4,17-18H2,1-3H3,(H,26,28). The second-order valence-electron chi connectivity index (χ2n) is 7.43. The van der Waals surface area contributed by atoms with Crippen molar-refractivity contribution in [3.63, 3.8) is 0 Å². The van der Waals surface area contributed by atoms with Crippen molar-refractivity contribution in [2.24, 2.45) is 0 Å². The van der Waals surface area contributed by atoms with Crippen molar-refractivity contribution in [3.8, 4) is 5.75 Å². The molecule has 3 aromatic carbocycles. The predicted octanol–water partition coefficient (Wildman–Crippen LogP) is 4.21. The summed E-state index contributed by atoms with van der Waals surface area (Å²) < 4.78 is 33.7. The number of nitrogens with one attached hydrogen (secondary N) is 1. The van der Waals surface area contributed by atoms with Gasteiger partial charge in [-0.3, -0.25) is 9.10 Å². The highest BCUT2D eigenvalue weighted by atomic mass is 32.2. The van der Waals surface area contributed by atoms with E-state index in [1.165, 1.54) is 16.4 Å². The Bertz CT molecular complexity index is 1180. The molecule has 1 amide bonds. The summed E-state index contributed by atoms with van der Waals surface area (Å²) in [5, 5.41) is 2.83. The molecule has 3 rings (SSSR count). The zero-order valence-corrected chi connectivity index (χ0v) is 19.4. The van der Waals surface area contributed by atoms with E-state index in [9.17, 15) is 13.2 Å². The van der Waals surface area contributed by atoms with Gasteiger partial charge in [0, 0.05) is 12.1 Å². The molecule has 0 bridgehead atoms. The van der Waals surface area contributed by atoms with Gasteiger partial charge in [0.15, 0.2) is 0 Å². The van der Waals surface area contributed by atoms with Gasteiger partial charge in [-0.2, -0.15) is 0 Å². The van der Waals surface area contributed by atoms with Gasteiger partial charge in [-0.05, 0) is 56.2 Å². The van der Waals surface area contributed by atoms with E-state index >= 15 is 0 Å². The Morgan fingerprint density at radius 3 is 2.38 bits per heavy atom. The summed E-state index contributed by atoms with van der Waals surface area (Å²) in [6.07, 6.45) is 0. The Kier molecular flexibility index (Phi) is 7.53. The minimum absolute atomic E-state index is 0.135. The van der Waals surface area contributed by atoms with Crippen LogP contribution in [0.2, 0.25) is 0 Å². The van der Waals surface area contributed by atoms with Crippen LogP contribution in [-0.2, 0) is 21.4 Å². The maximum Gasteiger partial charge on any atom is 0.264 e. The molecule has 0 aliphatic rings. The van der Waals surface area contributed by atoms with Crippen LogP contribution < -0.4 is 14.4 Å². The van der Waals surface area contributed by atoms with Crippen molar-refractivity contribution >= 4 is 21.6 Å². The minimum atomic E-state index is -3.94. The fraction of sp³-hybridized carbons (Fsp3) is 0.240. The summed E-state index contributed by atoms with van der Waals surface area (Å²) in [6, 6.07) is 21.1. The summed E-state index contributed by atoms with van der Waals surface area (Å²) in [4.78, 5) is 13.0. The van der Waals surface area contributed by atoms with E-state index in [1.54, 1.807) is 24.3 Å². The Morgan fingerprint density at radius 1 is 0.969 bits per heavy atom. The summed E-state index contributed by atoms with van der Waals surface area (Å²) in [5.41, 5.74) is 2.99. The number of hydrogen-bond donors (Lipinski definition) is 1. The SMILES string of the molecule is CCOc1ccccc1CNC(=O)CN(c1cc(C)ccc1C)S(=O)(=O)c1ccccc1. The molecule has 0 fully saturated rings. The summed E-state index contributed by atoms with van der Waals surface area (Å²) >= 11 is 0. The molecule has 0 saturated carbocycles. The lowest BCUT2D eigenvalue weighted by atomic mass is 10.1. The second kappa shape index (κ2) is 10.3. The number of anilines is 1. The van der Waals surface area contributed by atoms with Gasteiger partial charge in [0.2, 0.25) is 5.91 Å². The number of hydrogen-bond acceptors (Lipinski definition) is 4. The first-order chi connectivity index (χ1) is 15.3. The average Bonchev–Trinajstić information content (AvgIpc) is 2.79. The molecular formula is C25H28N2O4S. The Hall–Kier alpha value is -3.32. The number of carbonyl (C=O) groups excluding carboxylic acids is 1. The molecule has 32 heavy (non-hydrogen) atoms. The number of benzene rings is 3. The number of sulfonamides is 1. The molecule has 0 aliphatic carbocycles. The quantitative estimate of drug-likeness (QED) is 0.528. The summed E-state index contributed by atoms with van der Waals surface area (Å²) in [6.45, 7) is 6.03. The molecule has 168 valence electrons. The molecule has 0 spiro atoms. The van der Waals surface area contributed by atoms with E-state index in [4.69, 9.17) is 4.74 Å². The van der Waals surface area contributed by atoms with E-state index in [1.807, 2.05) is 57.2 Å². The molecule has 7 heteroatoms. The van der Waals surface area contributed by atoms with Crippen LogP contribution in [0.3, 0.4) is 0 Å². The molecule has 1 N–H and O–H groups in total. The highest BCUT2D eigenvalue weighted by Crippen LogP contribution is 2.28. The van der Waals surface area contributed by atoms with Crippen molar-refractivity contribution in [3.05, 3.63) is 89.5 Å². The highest BCUT2D eigenvalue weighted by Gasteiger charge is 2.28. The highest BCUT2D eigenvalue weighted by molar-refractivity contribution is 7.92. The number of amides is 1. The molecule has 0 heterocycles. The first-order valence-electron chi connectivity index (χ1n) is 10.5. The van der Waals surface area contributed by atoms with E-state index in [2.05, 4.69) is 5.32 Å². The van der Waals surface area contributed by atoms with Crippen molar-refractivity contribution in [1.82, 2.24) is 5.32 Å². The summed E-state index contributed by atoms with van der Waals surface area (Å²) in [7, 11) is -3.94. The zero-order valence-electron chi connectivity index (χ0n) is 18.5. The second-order valence-corrected chi connectivity index (χ2v) is 9.29. The molecule has 0 aromatic heterocycles. The largest absolute Gasteiger partial charge is 0.494 e. The van der Waals surface area contributed by atoms with Gasteiger partial charge < -0.3 is 10.1 Å². The lowest BCUT2D eigenvalue weighted by Crippen LogP contribution is -2.41. The van der Waals surface area contributed by atoms with Crippen LogP contribution in [0.1, 0.15) is 23.6 Å². The average molecular weight is 453 g/mol. The van der Waals surface area contributed by atoms with Gasteiger partial charge in [0.05, 0.1) is 17.2 Å². The molecule has 0 radical (unpaired) electrons. The van der Waals surface area contributed by atoms with E-state index < -0.39 is 15.9 Å². The Balaban J connectivity index is 1.88. The Labute approximate surface area is 189 Å². The fourth-order valence-corrected chi connectivity index (χ4v) is 4.83. The maximum atomic E-state index is 13.5. The molecular weight excluding hydrogens is 424 g/mol. The molecule has 3 aromatic rings. The lowest BCUT2D eigenvalue weighted by Gasteiger charge is -2.26. The zero-order chi connectivity index (χ0) is 23.1. The van der Waals surface area contributed by atoms with Crippen LogP contribution in [0.5, 0.6) is 5.75 Å². The first kappa shape index (κ1) is 23.3. The fourth-order valence-electron chi connectivity index (χ4n) is 3.33. The number of nitrogens with zero attached hydrogens (tertiary/aromatic N) is 1. The van der Waals surface area contributed by atoms with Gasteiger partial charge in [0.25, 0.3) is 10.0 Å². The van der Waals surface area contributed by atoms with Gasteiger partial charge in [-0.1, -0.05) is 48.5 Å². The van der Waals surface area contributed by atoms with E-state index in [0.29, 0.717) is 18.0 Å². The number of ether oxygens (including phenoxy) is 1. The van der Waals surface area contributed by atoms with Crippen LogP contribution in [0, 0.1) is 13.8 Å². The van der Waals surface area contributed by atoms with Crippen molar-refractivity contribution < 1.29 is 17.9 Å². The van der Waals surface area contributed by atoms with Crippen LogP contribution in [-0.4, -0.2) is 27.5 Å². The lowest BCUT2D eigenvalue weighted by molar-refractivity contribution is -0.119. The third kappa shape index (κ3) is 5.48. The third-order valence-corrected chi connectivity index (χ3v) is 6.77. The topological polar surface area (TPSA) is 75.7 Å². The minimum Gasteiger partial charge on any atom is -0.494 e. The van der Waals surface area contributed by atoms with Crippen LogP contribution >= 0.6 is 0 Å². The molecule has 0 aliphatic heterocycles. The van der Waals surface area contributed by atoms with Crippen molar-refractivity contribution in [2.75, 3.05) is 17.5 Å². The number of para-hydroxylation sites is 1. The molecule has 6 nitrogen and oxygen atoms in total. The maximum absolute atomic E-state index is 13.5. The smallest absolute Gasteiger partial charge is 0.264 e. The molecule has 0 unspecified atom stereocenters. The first-order valence-corrected chi connectivity index (χ1v) is 11.9. The van der Waals surface area contributed by atoms with Crippen LogP contribution in [0.15, 0.2) is 77.7 Å². The van der Waals surface area contributed by atoms with Gasteiger partial charge in [-0.15, -0.1) is 0 Å². The predicted molar refractivity (Wildman–Crippen MR) is 126 cm³/mol. The van der Waals surface area contributed by atoms with Gasteiger partial charge in [-0.25, -0.2) is 8.42 Å². The monoisotopic (exact) mass is 452 g/mol. The van der Waals surface area contributed by atoms with Gasteiger partial charge in [0.1, 0.15) is 12.3 Å². The number of aryl methyl sites for hydroxylation is 2.